The predicted octanol–water partition coefficient (Wildman–Crippen LogP) is -2.44. The number of oxime groups is 1. The van der Waals surface area contributed by atoms with E-state index in [0.29, 0.717) is 0 Å². The summed E-state index contributed by atoms with van der Waals surface area (Å²) >= 11 is 0.957. The van der Waals surface area contributed by atoms with Crippen molar-refractivity contribution in [3.8, 4) is 0 Å². The van der Waals surface area contributed by atoms with Crippen molar-refractivity contribution in [2.24, 2.45) is 10.9 Å². The van der Waals surface area contributed by atoms with Crippen molar-refractivity contribution >= 4 is 50.3 Å². The Morgan fingerprint density at radius 3 is 2.60 bits per heavy atom. The number of aromatic nitrogens is 4. The Hall–Kier alpha value is -3.68. The molecule has 1 aliphatic heterocycles. The smallest absolute Gasteiger partial charge is 0.362 e. The average molecular weight is 532 g/mol. The molecule has 0 saturated carbocycles. The summed E-state index contributed by atoms with van der Waals surface area (Å²) in [6.45, 7) is 2.10. The topological polar surface area (TPSA) is 258 Å². The SMILES string of the molecule is CC(C)(O/N=C(/C(=O)N[C@@H]1C(=O)N(S(=O)(=O)O)[C@@H]1Cn1cnc(CN)n1)c1csc(N)n1)C(=O)O. The summed E-state index contributed by atoms with van der Waals surface area (Å²) in [6.07, 6.45) is 1.23. The van der Waals surface area contributed by atoms with Crippen molar-refractivity contribution in [1.82, 2.24) is 29.4 Å². The number of nitrogens with one attached hydrogen (secondary N) is 1. The molecule has 17 nitrogen and oxygen atoms in total. The van der Waals surface area contributed by atoms with Crippen LogP contribution in [0.25, 0.3) is 0 Å². The van der Waals surface area contributed by atoms with E-state index in [1.807, 2.05) is 0 Å². The summed E-state index contributed by atoms with van der Waals surface area (Å²) in [5.74, 6) is -3.31. The maximum absolute atomic E-state index is 13.0. The van der Waals surface area contributed by atoms with Crippen LogP contribution in [-0.2, 0) is 42.6 Å². The van der Waals surface area contributed by atoms with Crippen LogP contribution in [0.3, 0.4) is 0 Å². The number of nitrogens with zero attached hydrogens (tertiary/aromatic N) is 6. The molecule has 0 aromatic carbocycles. The van der Waals surface area contributed by atoms with Gasteiger partial charge >= 0.3 is 16.3 Å². The molecule has 35 heavy (non-hydrogen) atoms. The predicted molar refractivity (Wildman–Crippen MR) is 118 cm³/mol. The van der Waals surface area contributed by atoms with Gasteiger partial charge in [0.15, 0.2) is 16.7 Å². The Balaban J connectivity index is 1.89. The monoisotopic (exact) mass is 531 g/mol. The molecule has 19 heteroatoms. The number of hydrogen-bond acceptors (Lipinski definition) is 13. The lowest BCUT2D eigenvalue weighted by atomic mass is 9.98. The number of nitrogen functional groups attached to an aromatic ring is 1. The van der Waals surface area contributed by atoms with E-state index < -0.39 is 51.5 Å². The van der Waals surface area contributed by atoms with Crippen LogP contribution >= 0.6 is 11.3 Å². The molecule has 2 amide bonds. The number of rotatable bonds is 10. The molecule has 7 N–H and O–H groups in total. The zero-order chi connectivity index (χ0) is 26.1. The molecule has 0 radical (unpaired) electrons. The van der Waals surface area contributed by atoms with Crippen molar-refractivity contribution < 1.29 is 37.3 Å². The third-order valence-electron chi connectivity index (χ3n) is 4.70. The average Bonchev–Trinajstić information content (AvgIpc) is 3.39. The van der Waals surface area contributed by atoms with Gasteiger partial charge in [0.25, 0.3) is 11.8 Å². The molecule has 2 atom stereocenters. The van der Waals surface area contributed by atoms with E-state index in [2.05, 4.69) is 25.5 Å². The van der Waals surface area contributed by atoms with Crippen LogP contribution < -0.4 is 16.8 Å². The van der Waals surface area contributed by atoms with Crippen LogP contribution in [0.4, 0.5) is 5.13 Å². The van der Waals surface area contributed by atoms with Gasteiger partial charge in [-0.15, -0.1) is 11.3 Å². The third kappa shape index (κ3) is 5.53. The number of aliphatic carboxylic acids is 1. The number of carboxylic acid groups (broad SMARTS) is 1. The summed E-state index contributed by atoms with van der Waals surface area (Å²) in [7, 11) is -4.96. The quantitative estimate of drug-likeness (QED) is 0.0924. The van der Waals surface area contributed by atoms with Gasteiger partial charge < -0.3 is 26.7 Å². The van der Waals surface area contributed by atoms with Gasteiger partial charge in [-0.2, -0.15) is 13.5 Å². The number of carbonyl (C=O) groups is 3. The molecular formula is C16H21N9O8S2. The van der Waals surface area contributed by atoms with Crippen LogP contribution in [0.5, 0.6) is 0 Å². The standard InChI is InChI=1S/C16H21N9O8S2/c1-16(2,14(28)29)33-23-10(7-5-34-15(18)20-7)12(26)21-11-8(25(13(11)27)35(30,31)32)4-24-6-19-9(3-17)22-24/h5-6,8,11H,3-4,17H2,1-2H3,(H2,18,20)(H,21,26)(H,28,29)(H,30,31,32)/b23-10+/t8-,11+/m1/s1. The molecule has 1 saturated heterocycles. The lowest BCUT2D eigenvalue weighted by Crippen LogP contribution is -2.73. The lowest BCUT2D eigenvalue weighted by molar-refractivity contribution is -0.161. The highest BCUT2D eigenvalue weighted by atomic mass is 32.2. The number of thiazole rings is 1. The van der Waals surface area contributed by atoms with Crippen LogP contribution in [0.15, 0.2) is 16.9 Å². The van der Waals surface area contributed by atoms with E-state index >= 15 is 0 Å². The molecule has 1 aliphatic rings. The molecular weight excluding hydrogens is 510 g/mol. The number of carbonyl (C=O) groups excluding carboxylic acids is 2. The van der Waals surface area contributed by atoms with Gasteiger partial charge in [0, 0.05) is 5.38 Å². The second-order valence-corrected chi connectivity index (χ2v) is 9.81. The van der Waals surface area contributed by atoms with Gasteiger partial charge in [0.1, 0.15) is 18.1 Å². The Bertz CT molecular complexity index is 1290. The molecule has 0 unspecified atom stereocenters. The normalized spacial score (nSPS) is 18.8. The first-order chi connectivity index (χ1) is 16.2. The maximum Gasteiger partial charge on any atom is 0.362 e. The van der Waals surface area contributed by atoms with Gasteiger partial charge in [0.05, 0.1) is 19.1 Å². The zero-order valence-electron chi connectivity index (χ0n) is 18.2. The summed E-state index contributed by atoms with van der Waals surface area (Å²) in [6, 6.07) is -2.73. The van der Waals surface area contributed by atoms with Crippen molar-refractivity contribution in [2.75, 3.05) is 5.73 Å². The molecule has 0 spiro atoms. The van der Waals surface area contributed by atoms with Crippen molar-refractivity contribution in [3.05, 3.63) is 23.2 Å². The molecule has 0 bridgehead atoms. The van der Waals surface area contributed by atoms with Crippen LogP contribution in [0, 0.1) is 0 Å². The molecule has 0 aliphatic carbocycles. The minimum Gasteiger partial charge on any atom is -0.478 e. The molecule has 2 aromatic heterocycles. The van der Waals surface area contributed by atoms with E-state index in [9.17, 15) is 32.5 Å². The molecule has 2 aromatic rings. The van der Waals surface area contributed by atoms with E-state index in [4.69, 9.17) is 16.3 Å². The number of anilines is 1. The number of β-lactam (4-membered cyclic amide) rings is 1. The van der Waals surface area contributed by atoms with Crippen molar-refractivity contribution in [2.45, 2.75) is 44.6 Å². The number of amides is 2. The van der Waals surface area contributed by atoms with Crippen molar-refractivity contribution in [3.63, 3.8) is 0 Å². The van der Waals surface area contributed by atoms with E-state index in [0.717, 1.165) is 11.3 Å². The van der Waals surface area contributed by atoms with Crippen molar-refractivity contribution in [1.29, 1.82) is 0 Å². The van der Waals surface area contributed by atoms with Crippen LogP contribution in [-0.4, -0.2) is 83.3 Å². The first-order valence-corrected chi connectivity index (χ1v) is 11.9. The Kier molecular flexibility index (Phi) is 7.06. The van der Waals surface area contributed by atoms with Crippen LogP contribution in [0.2, 0.25) is 0 Å². The van der Waals surface area contributed by atoms with Gasteiger partial charge in [0.2, 0.25) is 5.60 Å². The van der Waals surface area contributed by atoms with Gasteiger partial charge in [-0.3, -0.25) is 18.8 Å². The highest BCUT2D eigenvalue weighted by Crippen LogP contribution is 2.25. The second kappa shape index (κ2) is 9.52. The minimum atomic E-state index is -4.96. The third-order valence-corrected chi connectivity index (χ3v) is 6.33. The highest BCUT2D eigenvalue weighted by molar-refractivity contribution is 7.84. The second-order valence-electron chi connectivity index (χ2n) is 7.63. The molecule has 1 fully saturated rings. The fourth-order valence-electron chi connectivity index (χ4n) is 2.86. The van der Waals surface area contributed by atoms with Crippen LogP contribution in [0.1, 0.15) is 25.4 Å². The van der Waals surface area contributed by atoms with Gasteiger partial charge in [-0.05, 0) is 13.8 Å². The summed E-state index contributed by atoms with van der Waals surface area (Å²) in [5, 5.41) is 20.5. The van der Waals surface area contributed by atoms with E-state index in [1.54, 1.807) is 0 Å². The number of hydrogen-bond donors (Lipinski definition) is 5. The Labute approximate surface area is 201 Å². The first kappa shape index (κ1) is 25.9. The molecule has 3 heterocycles. The highest BCUT2D eigenvalue weighted by Gasteiger charge is 2.54. The van der Waals surface area contributed by atoms with E-state index in [-0.39, 0.29) is 34.0 Å². The van der Waals surface area contributed by atoms with Gasteiger partial charge in [-0.25, -0.2) is 19.1 Å². The maximum atomic E-state index is 13.0. The number of carboxylic acids is 1. The summed E-state index contributed by atoms with van der Waals surface area (Å²) < 4.78 is 34.2. The fraction of sp³-hybridized carbons (Fsp3) is 0.438. The number of nitrogens with two attached hydrogens (primary N) is 2. The van der Waals surface area contributed by atoms with E-state index in [1.165, 1.54) is 30.2 Å². The lowest BCUT2D eigenvalue weighted by Gasteiger charge is -2.43. The Morgan fingerprint density at radius 1 is 1.40 bits per heavy atom. The summed E-state index contributed by atoms with van der Waals surface area (Å²) in [4.78, 5) is 49.6. The minimum absolute atomic E-state index is 0.00205. The molecule has 3 rings (SSSR count). The van der Waals surface area contributed by atoms with Gasteiger partial charge in [-0.1, -0.05) is 5.16 Å². The fourth-order valence-corrected chi connectivity index (χ4v) is 4.28. The first-order valence-electron chi connectivity index (χ1n) is 9.65. The largest absolute Gasteiger partial charge is 0.478 e. The zero-order valence-corrected chi connectivity index (χ0v) is 19.9. The summed E-state index contributed by atoms with van der Waals surface area (Å²) in [5.41, 5.74) is 8.63. The molecule has 190 valence electrons. The Morgan fingerprint density at radius 2 is 2.09 bits per heavy atom.